The largest absolute Gasteiger partial charge is 0.504 e. The summed E-state index contributed by atoms with van der Waals surface area (Å²) in [4.78, 5) is 0. The van der Waals surface area contributed by atoms with Crippen LogP contribution in [0.15, 0.2) is 36.4 Å². The third-order valence-corrected chi connectivity index (χ3v) is 3.03. The molecule has 0 amide bonds. The van der Waals surface area contributed by atoms with Crippen molar-refractivity contribution in [1.82, 2.24) is 0 Å². The fraction of sp³-hybridized carbons (Fsp3) is 0.250. The fourth-order valence-corrected chi connectivity index (χ4v) is 1.97. The summed E-state index contributed by atoms with van der Waals surface area (Å²) >= 11 is 0. The zero-order valence-corrected chi connectivity index (χ0v) is 11.7. The first kappa shape index (κ1) is 14.1. The summed E-state index contributed by atoms with van der Waals surface area (Å²) in [7, 11) is 0. The number of ether oxygens (including phenoxy) is 1. The molecule has 0 heterocycles. The summed E-state index contributed by atoms with van der Waals surface area (Å²) in [5.74, 6) is 0.650. The van der Waals surface area contributed by atoms with E-state index in [-0.39, 0.29) is 11.5 Å². The highest BCUT2D eigenvalue weighted by Gasteiger charge is 2.03. The van der Waals surface area contributed by atoms with E-state index in [1.54, 1.807) is 12.1 Å². The van der Waals surface area contributed by atoms with E-state index in [1.807, 2.05) is 32.0 Å². The quantitative estimate of drug-likeness (QED) is 0.730. The molecule has 0 unspecified atom stereocenters. The molecule has 4 nitrogen and oxygen atoms in total. The second kappa shape index (κ2) is 6.19. The Labute approximate surface area is 118 Å². The maximum absolute atomic E-state index is 9.45. The Morgan fingerprint density at radius 1 is 1.05 bits per heavy atom. The lowest BCUT2D eigenvalue weighted by molar-refractivity contribution is 0.340. The average Bonchev–Trinajstić information content (AvgIpc) is 2.42. The number of hydrogen-bond donors (Lipinski definition) is 3. The minimum absolute atomic E-state index is 0.104. The van der Waals surface area contributed by atoms with Crippen molar-refractivity contribution >= 4 is 5.69 Å². The van der Waals surface area contributed by atoms with Crippen LogP contribution in [0.1, 0.15) is 18.1 Å². The van der Waals surface area contributed by atoms with Crippen molar-refractivity contribution in [3.05, 3.63) is 47.5 Å². The summed E-state index contributed by atoms with van der Waals surface area (Å²) in [5.41, 5.74) is 3.01. The Morgan fingerprint density at radius 2 is 1.85 bits per heavy atom. The first-order chi connectivity index (χ1) is 9.60. The second-order valence-electron chi connectivity index (χ2n) is 4.59. The van der Waals surface area contributed by atoms with Crippen molar-refractivity contribution in [3.8, 4) is 17.2 Å². The van der Waals surface area contributed by atoms with Gasteiger partial charge in [-0.05, 0) is 55.3 Å². The number of phenols is 2. The van der Waals surface area contributed by atoms with Crippen LogP contribution in [0.2, 0.25) is 0 Å². The Bertz CT molecular complexity index is 596. The zero-order valence-electron chi connectivity index (χ0n) is 11.7. The van der Waals surface area contributed by atoms with Gasteiger partial charge in [-0.3, -0.25) is 0 Å². The monoisotopic (exact) mass is 273 g/mol. The zero-order chi connectivity index (χ0) is 14.5. The van der Waals surface area contributed by atoms with Crippen LogP contribution in [-0.4, -0.2) is 16.8 Å². The van der Waals surface area contributed by atoms with Crippen molar-refractivity contribution in [1.29, 1.82) is 0 Å². The molecule has 2 aromatic carbocycles. The number of anilines is 1. The van der Waals surface area contributed by atoms with Crippen molar-refractivity contribution < 1.29 is 14.9 Å². The third kappa shape index (κ3) is 3.35. The molecule has 2 rings (SSSR count). The Morgan fingerprint density at radius 3 is 2.50 bits per heavy atom. The Balaban J connectivity index is 2.05. The van der Waals surface area contributed by atoms with Gasteiger partial charge in [0.05, 0.1) is 6.61 Å². The molecule has 0 bridgehead atoms. The van der Waals surface area contributed by atoms with Crippen molar-refractivity contribution in [2.24, 2.45) is 0 Å². The van der Waals surface area contributed by atoms with Gasteiger partial charge in [0.1, 0.15) is 5.75 Å². The number of phenolic OH excluding ortho intramolecular Hbond substituents is 2. The van der Waals surface area contributed by atoms with Gasteiger partial charge in [0.2, 0.25) is 0 Å². The lowest BCUT2D eigenvalue weighted by Crippen LogP contribution is -2.01. The molecular weight excluding hydrogens is 254 g/mol. The molecule has 0 aliphatic heterocycles. The van der Waals surface area contributed by atoms with Gasteiger partial charge in [0.25, 0.3) is 0 Å². The summed E-state index contributed by atoms with van der Waals surface area (Å²) in [6.07, 6.45) is 0. The van der Waals surface area contributed by atoms with Gasteiger partial charge in [-0.25, -0.2) is 0 Å². The minimum atomic E-state index is -0.106. The fourth-order valence-electron chi connectivity index (χ4n) is 1.97. The van der Waals surface area contributed by atoms with E-state index in [4.69, 9.17) is 4.74 Å². The van der Waals surface area contributed by atoms with Gasteiger partial charge in [-0.2, -0.15) is 0 Å². The number of hydrogen-bond acceptors (Lipinski definition) is 4. The molecule has 3 N–H and O–H groups in total. The van der Waals surface area contributed by atoms with Crippen LogP contribution in [0.25, 0.3) is 0 Å². The molecule has 0 radical (unpaired) electrons. The molecule has 2 aromatic rings. The van der Waals surface area contributed by atoms with Crippen LogP contribution in [0.4, 0.5) is 5.69 Å². The first-order valence-corrected chi connectivity index (χ1v) is 6.58. The molecule has 0 aliphatic carbocycles. The molecule has 0 atom stereocenters. The van der Waals surface area contributed by atoms with Gasteiger partial charge in [-0.1, -0.05) is 6.07 Å². The second-order valence-corrected chi connectivity index (χ2v) is 4.59. The molecule has 0 saturated carbocycles. The van der Waals surface area contributed by atoms with Crippen LogP contribution >= 0.6 is 0 Å². The van der Waals surface area contributed by atoms with Gasteiger partial charge < -0.3 is 20.3 Å². The highest BCUT2D eigenvalue weighted by Crippen LogP contribution is 2.26. The molecule has 106 valence electrons. The van der Waals surface area contributed by atoms with E-state index in [0.717, 1.165) is 22.6 Å². The van der Waals surface area contributed by atoms with E-state index in [0.29, 0.717) is 13.2 Å². The molecule has 4 heteroatoms. The van der Waals surface area contributed by atoms with Gasteiger partial charge in [-0.15, -0.1) is 0 Å². The van der Waals surface area contributed by atoms with Crippen LogP contribution in [0, 0.1) is 6.92 Å². The Hall–Kier alpha value is -2.36. The summed E-state index contributed by atoms with van der Waals surface area (Å²) in [6.45, 7) is 5.19. The van der Waals surface area contributed by atoms with Crippen LogP contribution < -0.4 is 10.1 Å². The molecule has 0 fully saturated rings. The molecule has 0 spiro atoms. The third-order valence-electron chi connectivity index (χ3n) is 3.03. The predicted molar refractivity (Wildman–Crippen MR) is 79.4 cm³/mol. The topological polar surface area (TPSA) is 61.7 Å². The van der Waals surface area contributed by atoms with Gasteiger partial charge >= 0.3 is 0 Å². The van der Waals surface area contributed by atoms with Crippen molar-refractivity contribution in [2.45, 2.75) is 20.4 Å². The summed E-state index contributed by atoms with van der Waals surface area (Å²) in [5, 5.41) is 22.0. The van der Waals surface area contributed by atoms with E-state index in [9.17, 15) is 10.2 Å². The molecule has 0 aliphatic rings. The smallest absolute Gasteiger partial charge is 0.157 e. The molecule has 0 aromatic heterocycles. The predicted octanol–water partition coefficient (Wildman–Crippen LogP) is 3.42. The normalized spacial score (nSPS) is 10.3. The number of aryl methyl sites for hydroxylation is 1. The number of benzene rings is 2. The summed E-state index contributed by atoms with van der Waals surface area (Å²) < 4.78 is 5.44. The van der Waals surface area contributed by atoms with Crippen molar-refractivity contribution in [2.75, 3.05) is 11.9 Å². The highest BCUT2D eigenvalue weighted by atomic mass is 16.5. The SMILES string of the molecule is CCOc1ccc(NCc2ccc(O)c(O)c2)c(C)c1. The average molecular weight is 273 g/mol. The molecular formula is C16H19NO3. The molecule has 20 heavy (non-hydrogen) atoms. The van der Waals surface area contributed by atoms with Crippen LogP contribution in [-0.2, 0) is 6.54 Å². The number of aromatic hydroxyl groups is 2. The highest BCUT2D eigenvalue weighted by molar-refractivity contribution is 5.54. The van der Waals surface area contributed by atoms with E-state index in [2.05, 4.69) is 5.32 Å². The van der Waals surface area contributed by atoms with Crippen LogP contribution in [0.3, 0.4) is 0 Å². The van der Waals surface area contributed by atoms with Gasteiger partial charge in [0, 0.05) is 12.2 Å². The minimum Gasteiger partial charge on any atom is -0.504 e. The maximum Gasteiger partial charge on any atom is 0.157 e. The lowest BCUT2D eigenvalue weighted by Gasteiger charge is -2.12. The number of nitrogens with one attached hydrogen (secondary N) is 1. The van der Waals surface area contributed by atoms with E-state index >= 15 is 0 Å². The standard InChI is InChI=1S/C16H19NO3/c1-3-20-13-5-6-14(11(2)8-13)17-10-12-4-7-15(18)16(19)9-12/h4-9,17-19H,3,10H2,1-2H3. The van der Waals surface area contributed by atoms with E-state index in [1.165, 1.54) is 6.07 Å². The Kier molecular flexibility index (Phi) is 4.35. The van der Waals surface area contributed by atoms with Crippen molar-refractivity contribution in [3.63, 3.8) is 0 Å². The van der Waals surface area contributed by atoms with Crippen LogP contribution in [0.5, 0.6) is 17.2 Å². The lowest BCUT2D eigenvalue weighted by atomic mass is 10.1. The maximum atomic E-state index is 9.45. The first-order valence-electron chi connectivity index (χ1n) is 6.58. The van der Waals surface area contributed by atoms with E-state index < -0.39 is 0 Å². The molecule has 0 saturated heterocycles. The summed E-state index contributed by atoms with van der Waals surface area (Å²) in [6, 6.07) is 10.7. The van der Waals surface area contributed by atoms with Gasteiger partial charge in [0.15, 0.2) is 11.5 Å². The number of rotatable bonds is 5.